The minimum absolute atomic E-state index is 0.0404. The molecule has 0 atom stereocenters. The number of carbonyl (C=O) groups is 2. The van der Waals surface area contributed by atoms with Gasteiger partial charge < -0.3 is 5.73 Å². The normalized spacial score (nSPS) is 9.75. The molecule has 0 saturated carbocycles. The number of nitriles is 1. The van der Waals surface area contributed by atoms with Crippen LogP contribution < -0.4 is 5.73 Å². The van der Waals surface area contributed by atoms with E-state index < -0.39 is 5.91 Å². The van der Waals surface area contributed by atoms with E-state index in [0.717, 1.165) is 5.56 Å². The minimum atomic E-state index is -0.491. The zero-order valence-corrected chi connectivity index (χ0v) is 10.7. The molecule has 98 valence electrons. The lowest BCUT2D eigenvalue weighted by Crippen LogP contribution is -2.11. The van der Waals surface area contributed by atoms with Crippen molar-refractivity contribution >= 4 is 11.7 Å². The fourth-order valence-corrected chi connectivity index (χ4v) is 1.80. The summed E-state index contributed by atoms with van der Waals surface area (Å²) < 4.78 is 0. The summed E-state index contributed by atoms with van der Waals surface area (Å²) in [7, 11) is 0. The van der Waals surface area contributed by atoms with E-state index in [9.17, 15) is 9.59 Å². The van der Waals surface area contributed by atoms with Crippen molar-refractivity contribution in [2.75, 3.05) is 0 Å². The second-order valence-corrected chi connectivity index (χ2v) is 4.35. The van der Waals surface area contributed by atoms with Gasteiger partial charge in [0.25, 0.3) is 0 Å². The van der Waals surface area contributed by atoms with Crippen molar-refractivity contribution in [3.05, 3.63) is 70.8 Å². The molecule has 2 N–H and O–H groups in total. The van der Waals surface area contributed by atoms with Crippen LogP contribution in [-0.4, -0.2) is 11.7 Å². The van der Waals surface area contributed by atoms with Gasteiger partial charge in [-0.2, -0.15) is 5.26 Å². The topological polar surface area (TPSA) is 83.9 Å². The molecule has 1 amide bonds. The Labute approximate surface area is 116 Å². The number of nitrogens with two attached hydrogens (primary N) is 1. The standard InChI is InChI=1S/C16H12N2O2/c17-10-12-3-5-13(6-4-12)15(19)9-11-1-7-14(8-2-11)16(18)20/h1-8H,9H2,(H2,18,20). The van der Waals surface area contributed by atoms with Crippen molar-refractivity contribution in [3.8, 4) is 6.07 Å². The van der Waals surface area contributed by atoms with Crippen LogP contribution in [0.15, 0.2) is 48.5 Å². The molecular formula is C16H12N2O2. The molecule has 0 fully saturated rings. The highest BCUT2D eigenvalue weighted by Gasteiger charge is 2.08. The van der Waals surface area contributed by atoms with E-state index in [0.29, 0.717) is 16.7 Å². The molecule has 0 aromatic heterocycles. The summed E-state index contributed by atoms with van der Waals surface area (Å²) in [5.41, 5.74) is 7.46. The van der Waals surface area contributed by atoms with E-state index in [2.05, 4.69) is 0 Å². The van der Waals surface area contributed by atoms with Crippen molar-refractivity contribution < 1.29 is 9.59 Å². The van der Waals surface area contributed by atoms with Gasteiger partial charge in [0.1, 0.15) is 0 Å². The zero-order valence-electron chi connectivity index (χ0n) is 10.7. The number of amides is 1. The van der Waals surface area contributed by atoms with Crippen molar-refractivity contribution in [2.24, 2.45) is 5.73 Å². The highest BCUT2D eigenvalue weighted by atomic mass is 16.1. The Morgan fingerprint density at radius 1 is 0.950 bits per heavy atom. The first kappa shape index (κ1) is 13.5. The molecule has 0 heterocycles. The summed E-state index contributed by atoms with van der Waals surface area (Å²) >= 11 is 0. The van der Waals surface area contributed by atoms with Crippen LogP contribution in [0.1, 0.15) is 31.8 Å². The maximum atomic E-state index is 12.1. The number of benzene rings is 2. The third kappa shape index (κ3) is 3.09. The van der Waals surface area contributed by atoms with Gasteiger partial charge in [0.05, 0.1) is 11.6 Å². The fraction of sp³-hybridized carbons (Fsp3) is 0.0625. The third-order valence-corrected chi connectivity index (χ3v) is 2.94. The number of primary amides is 1. The number of rotatable bonds is 4. The molecule has 2 rings (SSSR count). The largest absolute Gasteiger partial charge is 0.366 e. The Balaban J connectivity index is 2.10. The first-order valence-corrected chi connectivity index (χ1v) is 6.02. The van der Waals surface area contributed by atoms with Crippen LogP contribution >= 0.6 is 0 Å². The van der Waals surface area contributed by atoms with Gasteiger partial charge in [0, 0.05) is 17.5 Å². The maximum absolute atomic E-state index is 12.1. The van der Waals surface area contributed by atoms with E-state index in [-0.39, 0.29) is 12.2 Å². The van der Waals surface area contributed by atoms with Crippen LogP contribution in [0.25, 0.3) is 0 Å². The first-order chi connectivity index (χ1) is 9.60. The maximum Gasteiger partial charge on any atom is 0.248 e. The molecule has 4 nitrogen and oxygen atoms in total. The molecule has 0 spiro atoms. The molecular weight excluding hydrogens is 252 g/mol. The van der Waals surface area contributed by atoms with Gasteiger partial charge in [-0.25, -0.2) is 0 Å². The van der Waals surface area contributed by atoms with E-state index in [1.165, 1.54) is 0 Å². The third-order valence-electron chi connectivity index (χ3n) is 2.94. The molecule has 2 aromatic rings. The van der Waals surface area contributed by atoms with Gasteiger partial charge in [0.2, 0.25) is 5.91 Å². The summed E-state index contributed by atoms with van der Waals surface area (Å²) in [4.78, 5) is 23.0. The van der Waals surface area contributed by atoms with E-state index >= 15 is 0 Å². The number of carbonyl (C=O) groups excluding carboxylic acids is 2. The lowest BCUT2D eigenvalue weighted by Gasteiger charge is -2.03. The van der Waals surface area contributed by atoms with Gasteiger partial charge in [-0.1, -0.05) is 24.3 Å². The second-order valence-electron chi connectivity index (χ2n) is 4.35. The Morgan fingerprint density at radius 2 is 1.50 bits per heavy atom. The zero-order chi connectivity index (χ0) is 14.5. The van der Waals surface area contributed by atoms with E-state index in [1.807, 2.05) is 6.07 Å². The highest BCUT2D eigenvalue weighted by molar-refractivity contribution is 5.98. The molecule has 0 bridgehead atoms. The lowest BCUT2D eigenvalue weighted by atomic mass is 10.0. The van der Waals surface area contributed by atoms with Crippen LogP contribution in [0, 0.1) is 11.3 Å². The number of nitrogens with zero attached hydrogens (tertiary/aromatic N) is 1. The van der Waals surface area contributed by atoms with Crippen molar-refractivity contribution in [2.45, 2.75) is 6.42 Å². The molecule has 20 heavy (non-hydrogen) atoms. The number of hydrogen-bond acceptors (Lipinski definition) is 3. The number of Topliss-reactive ketones (excluding diaryl/α,β-unsaturated/α-hetero) is 1. The molecule has 4 heteroatoms. The molecule has 0 aliphatic rings. The Bertz CT molecular complexity index is 680. The van der Waals surface area contributed by atoms with Crippen molar-refractivity contribution in [1.82, 2.24) is 0 Å². The summed E-state index contributed by atoms with van der Waals surface area (Å²) in [6.45, 7) is 0. The molecule has 0 unspecified atom stereocenters. The van der Waals surface area contributed by atoms with Gasteiger partial charge in [0.15, 0.2) is 5.78 Å². The van der Waals surface area contributed by atoms with Crippen LogP contribution in [0.5, 0.6) is 0 Å². The van der Waals surface area contributed by atoms with Gasteiger partial charge in [-0.3, -0.25) is 9.59 Å². The molecule has 0 saturated heterocycles. The lowest BCUT2D eigenvalue weighted by molar-refractivity contribution is 0.0989. The summed E-state index contributed by atoms with van der Waals surface area (Å²) in [5, 5.41) is 8.70. The van der Waals surface area contributed by atoms with Crippen LogP contribution in [-0.2, 0) is 6.42 Å². The average molecular weight is 264 g/mol. The fourth-order valence-electron chi connectivity index (χ4n) is 1.80. The van der Waals surface area contributed by atoms with Gasteiger partial charge >= 0.3 is 0 Å². The molecule has 0 radical (unpaired) electrons. The number of hydrogen-bond donors (Lipinski definition) is 1. The summed E-state index contributed by atoms with van der Waals surface area (Å²) in [6, 6.07) is 15.1. The Hall–Kier alpha value is -2.93. The second kappa shape index (κ2) is 5.81. The molecule has 2 aromatic carbocycles. The van der Waals surface area contributed by atoms with Crippen LogP contribution in [0.2, 0.25) is 0 Å². The van der Waals surface area contributed by atoms with Crippen molar-refractivity contribution in [3.63, 3.8) is 0 Å². The van der Waals surface area contributed by atoms with E-state index in [4.69, 9.17) is 11.0 Å². The van der Waals surface area contributed by atoms with Gasteiger partial charge in [-0.05, 0) is 29.8 Å². The monoisotopic (exact) mass is 264 g/mol. The first-order valence-electron chi connectivity index (χ1n) is 6.02. The summed E-state index contributed by atoms with van der Waals surface area (Å²) in [6.07, 6.45) is 0.241. The van der Waals surface area contributed by atoms with Crippen molar-refractivity contribution in [1.29, 1.82) is 5.26 Å². The SMILES string of the molecule is N#Cc1ccc(C(=O)Cc2ccc(C(N)=O)cc2)cc1. The van der Waals surface area contributed by atoms with E-state index in [1.54, 1.807) is 48.5 Å². The quantitative estimate of drug-likeness (QED) is 0.858. The molecule has 0 aliphatic carbocycles. The smallest absolute Gasteiger partial charge is 0.248 e. The minimum Gasteiger partial charge on any atom is -0.366 e. The van der Waals surface area contributed by atoms with Crippen LogP contribution in [0.3, 0.4) is 0 Å². The Morgan fingerprint density at radius 3 is 2.00 bits per heavy atom. The van der Waals surface area contributed by atoms with Crippen LogP contribution in [0.4, 0.5) is 0 Å². The predicted molar refractivity (Wildman–Crippen MR) is 74.2 cm³/mol. The molecule has 0 aliphatic heterocycles. The predicted octanol–water partition coefficient (Wildman–Crippen LogP) is 2.08. The van der Waals surface area contributed by atoms with Gasteiger partial charge in [-0.15, -0.1) is 0 Å². The highest BCUT2D eigenvalue weighted by Crippen LogP contribution is 2.10. The summed E-state index contributed by atoms with van der Waals surface area (Å²) in [5.74, 6) is -0.531. The number of ketones is 1. The average Bonchev–Trinajstić information content (AvgIpc) is 2.48. The Kier molecular flexibility index (Phi) is 3.92.